The maximum atomic E-state index is 12.0. The van der Waals surface area contributed by atoms with Crippen molar-refractivity contribution in [2.45, 2.75) is 32.9 Å². The number of hydrogen-bond donors (Lipinski definition) is 1. The van der Waals surface area contributed by atoms with Crippen LogP contribution in [-0.2, 0) is 21.2 Å². The quantitative estimate of drug-likeness (QED) is 0.874. The summed E-state index contributed by atoms with van der Waals surface area (Å²) in [7, 11) is -3.05. The van der Waals surface area contributed by atoms with E-state index in [0.29, 0.717) is 12.3 Å². The number of hydrogen-bond acceptors (Lipinski definition) is 5. The van der Waals surface area contributed by atoms with Crippen molar-refractivity contribution in [3.05, 3.63) is 23.9 Å². The molecule has 0 radical (unpaired) electrons. The van der Waals surface area contributed by atoms with Crippen LogP contribution in [0.25, 0.3) is 0 Å². The lowest BCUT2D eigenvalue weighted by Gasteiger charge is -2.14. The smallest absolute Gasteiger partial charge is 0.224 e. The Morgan fingerprint density at radius 2 is 2.29 bits per heavy atom. The van der Waals surface area contributed by atoms with E-state index in [1.165, 1.54) is 0 Å². The Hall–Kier alpha value is -1.63. The van der Waals surface area contributed by atoms with Crippen LogP contribution < -0.4 is 10.1 Å². The van der Waals surface area contributed by atoms with E-state index >= 15 is 0 Å². The van der Waals surface area contributed by atoms with Crippen molar-refractivity contribution in [3.63, 3.8) is 0 Å². The van der Waals surface area contributed by atoms with Gasteiger partial charge < -0.3 is 10.1 Å². The average Bonchev–Trinajstić information content (AvgIpc) is 2.77. The van der Waals surface area contributed by atoms with Gasteiger partial charge in [0.25, 0.3) is 0 Å². The van der Waals surface area contributed by atoms with Crippen LogP contribution in [0, 0.1) is 5.92 Å². The minimum atomic E-state index is -3.05. The summed E-state index contributed by atoms with van der Waals surface area (Å²) in [4.78, 5) is 16.2. The Morgan fingerprint density at radius 1 is 1.52 bits per heavy atom. The molecule has 2 heterocycles. The molecule has 0 spiro atoms. The van der Waals surface area contributed by atoms with Crippen molar-refractivity contribution in [1.82, 2.24) is 10.3 Å². The van der Waals surface area contributed by atoms with Gasteiger partial charge in [0.2, 0.25) is 11.8 Å². The highest BCUT2D eigenvalue weighted by Gasteiger charge is 2.32. The molecule has 0 bridgehead atoms. The zero-order valence-electron chi connectivity index (χ0n) is 12.2. The standard InChI is InChI=1S/C14H20N2O4S/c1-10(2)20-14-11(4-3-6-15-14)8-16-13(17)12-5-7-21(18,19)9-12/h3-4,6,10,12H,5,7-9H2,1-2H3,(H,16,17)/t12-/m1/s1. The summed E-state index contributed by atoms with van der Waals surface area (Å²) in [6, 6.07) is 3.60. The van der Waals surface area contributed by atoms with Gasteiger partial charge in [-0.25, -0.2) is 13.4 Å². The van der Waals surface area contributed by atoms with E-state index in [1.54, 1.807) is 12.3 Å². The number of rotatable bonds is 5. The van der Waals surface area contributed by atoms with Gasteiger partial charge in [0.15, 0.2) is 9.84 Å². The van der Waals surface area contributed by atoms with Crippen LogP contribution >= 0.6 is 0 Å². The molecule has 1 aromatic rings. The first-order valence-electron chi connectivity index (χ1n) is 6.96. The lowest BCUT2D eigenvalue weighted by atomic mass is 10.1. The average molecular weight is 312 g/mol. The molecule has 7 heteroatoms. The van der Waals surface area contributed by atoms with E-state index < -0.39 is 15.8 Å². The maximum Gasteiger partial charge on any atom is 0.224 e. The molecule has 1 aliphatic heterocycles. The van der Waals surface area contributed by atoms with Crippen LogP contribution in [0.3, 0.4) is 0 Å². The molecule has 0 aromatic carbocycles. The number of aromatic nitrogens is 1. The summed E-state index contributed by atoms with van der Waals surface area (Å²) in [5.74, 6) is -0.135. The first-order valence-corrected chi connectivity index (χ1v) is 8.78. The Balaban J connectivity index is 1.96. The van der Waals surface area contributed by atoms with Crippen LogP contribution in [0.2, 0.25) is 0 Å². The van der Waals surface area contributed by atoms with E-state index in [0.717, 1.165) is 5.56 Å². The van der Waals surface area contributed by atoms with Crippen LogP contribution in [-0.4, -0.2) is 36.9 Å². The Kier molecular flexibility index (Phi) is 4.82. The molecule has 1 amide bonds. The van der Waals surface area contributed by atoms with E-state index in [4.69, 9.17) is 4.74 Å². The molecule has 1 aliphatic rings. The number of sulfone groups is 1. The summed E-state index contributed by atoms with van der Waals surface area (Å²) in [6.45, 7) is 4.09. The normalized spacial score (nSPS) is 20.4. The fourth-order valence-corrected chi connectivity index (χ4v) is 3.96. The van der Waals surface area contributed by atoms with Crippen molar-refractivity contribution in [2.24, 2.45) is 5.92 Å². The summed E-state index contributed by atoms with van der Waals surface area (Å²) in [5.41, 5.74) is 0.778. The van der Waals surface area contributed by atoms with Crippen molar-refractivity contribution >= 4 is 15.7 Å². The van der Waals surface area contributed by atoms with E-state index in [1.807, 2.05) is 19.9 Å². The molecule has 1 N–H and O–H groups in total. The third-order valence-electron chi connectivity index (χ3n) is 3.25. The predicted octanol–water partition coefficient (Wildman–Crippen LogP) is 0.920. The molecule has 0 saturated carbocycles. The van der Waals surface area contributed by atoms with Crippen molar-refractivity contribution in [3.8, 4) is 5.88 Å². The van der Waals surface area contributed by atoms with Crippen LogP contribution in [0.5, 0.6) is 5.88 Å². The highest BCUT2D eigenvalue weighted by molar-refractivity contribution is 7.91. The topological polar surface area (TPSA) is 85.4 Å². The third-order valence-corrected chi connectivity index (χ3v) is 5.02. The van der Waals surface area contributed by atoms with Crippen molar-refractivity contribution < 1.29 is 17.9 Å². The molecule has 6 nitrogen and oxygen atoms in total. The van der Waals surface area contributed by atoms with E-state index in [-0.39, 0.29) is 30.1 Å². The monoisotopic (exact) mass is 312 g/mol. The van der Waals surface area contributed by atoms with Gasteiger partial charge in [-0.05, 0) is 26.3 Å². The molecule has 1 atom stereocenters. The largest absolute Gasteiger partial charge is 0.475 e. The summed E-state index contributed by atoms with van der Waals surface area (Å²) >= 11 is 0. The van der Waals surface area contributed by atoms with E-state index in [2.05, 4.69) is 10.3 Å². The minimum absolute atomic E-state index is 0.00525. The second-order valence-electron chi connectivity index (χ2n) is 5.45. The number of nitrogens with zero attached hydrogens (tertiary/aromatic N) is 1. The Bertz CT molecular complexity index is 613. The summed E-state index contributed by atoms with van der Waals surface area (Å²) < 4.78 is 28.3. The molecule has 2 rings (SSSR count). The fourth-order valence-electron chi connectivity index (χ4n) is 2.22. The molecule has 1 fully saturated rings. The Morgan fingerprint density at radius 3 is 2.90 bits per heavy atom. The summed E-state index contributed by atoms with van der Waals surface area (Å²) in [6.07, 6.45) is 2.03. The SMILES string of the molecule is CC(C)Oc1ncccc1CNC(=O)[C@@H]1CCS(=O)(=O)C1. The zero-order chi connectivity index (χ0) is 15.5. The van der Waals surface area contributed by atoms with Gasteiger partial charge >= 0.3 is 0 Å². The number of carbonyl (C=O) groups is 1. The molecule has 1 aromatic heterocycles. The lowest BCUT2D eigenvalue weighted by Crippen LogP contribution is -2.31. The zero-order valence-corrected chi connectivity index (χ0v) is 13.0. The number of ether oxygens (including phenoxy) is 1. The first kappa shape index (κ1) is 15.8. The third kappa shape index (κ3) is 4.42. The van der Waals surface area contributed by atoms with Gasteiger partial charge in [0, 0.05) is 18.3 Å². The maximum absolute atomic E-state index is 12.0. The Labute approximate surface area is 124 Å². The van der Waals surface area contributed by atoms with Crippen LogP contribution in [0.1, 0.15) is 25.8 Å². The molecule has 21 heavy (non-hydrogen) atoms. The molecule has 116 valence electrons. The molecule has 1 saturated heterocycles. The highest BCUT2D eigenvalue weighted by Crippen LogP contribution is 2.19. The fraction of sp³-hybridized carbons (Fsp3) is 0.571. The number of carbonyl (C=O) groups excluding carboxylic acids is 1. The van der Waals surface area contributed by atoms with Gasteiger partial charge in [-0.15, -0.1) is 0 Å². The van der Waals surface area contributed by atoms with Crippen molar-refractivity contribution in [1.29, 1.82) is 0 Å². The molecular weight excluding hydrogens is 292 g/mol. The van der Waals surface area contributed by atoms with Crippen LogP contribution in [0.4, 0.5) is 0 Å². The number of nitrogens with one attached hydrogen (secondary N) is 1. The minimum Gasteiger partial charge on any atom is -0.475 e. The molecule has 0 aliphatic carbocycles. The number of pyridine rings is 1. The van der Waals surface area contributed by atoms with Gasteiger partial charge in [-0.3, -0.25) is 4.79 Å². The van der Waals surface area contributed by atoms with Crippen LogP contribution in [0.15, 0.2) is 18.3 Å². The van der Waals surface area contributed by atoms with Gasteiger partial charge in [-0.2, -0.15) is 0 Å². The van der Waals surface area contributed by atoms with Gasteiger partial charge in [-0.1, -0.05) is 6.07 Å². The highest BCUT2D eigenvalue weighted by atomic mass is 32.2. The molecular formula is C14H20N2O4S. The second kappa shape index (κ2) is 6.43. The molecule has 0 unspecified atom stereocenters. The van der Waals surface area contributed by atoms with Crippen molar-refractivity contribution in [2.75, 3.05) is 11.5 Å². The van der Waals surface area contributed by atoms with E-state index in [9.17, 15) is 13.2 Å². The second-order valence-corrected chi connectivity index (χ2v) is 7.68. The van der Waals surface area contributed by atoms with Gasteiger partial charge in [0.05, 0.1) is 23.5 Å². The summed E-state index contributed by atoms with van der Waals surface area (Å²) in [5, 5.41) is 2.77. The lowest BCUT2D eigenvalue weighted by molar-refractivity contribution is -0.124. The first-order chi connectivity index (χ1) is 9.87. The predicted molar refractivity (Wildman–Crippen MR) is 78.6 cm³/mol. The number of amides is 1. The van der Waals surface area contributed by atoms with Gasteiger partial charge in [0.1, 0.15) is 0 Å².